The zero-order chi connectivity index (χ0) is 11.8. The van der Waals surface area contributed by atoms with Crippen molar-refractivity contribution < 1.29 is 9.90 Å². The lowest BCUT2D eigenvalue weighted by Crippen LogP contribution is -2.27. The number of benzene rings is 1. The number of hydrogen-bond acceptors (Lipinski definition) is 1. The first kappa shape index (κ1) is 10.9. The lowest BCUT2D eigenvalue weighted by molar-refractivity contribution is -0.139. The molecule has 1 aromatic rings. The SMILES string of the molecule is CC1c2ccccc2C=CC1(C)CC(=O)O. The molecule has 1 N–H and O–H groups in total. The van der Waals surface area contributed by atoms with Crippen LogP contribution in [0, 0.1) is 5.41 Å². The van der Waals surface area contributed by atoms with Crippen molar-refractivity contribution in [1.82, 2.24) is 0 Å². The Morgan fingerprint density at radius 3 is 2.81 bits per heavy atom. The molecule has 0 saturated heterocycles. The zero-order valence-corrected chi connectivity index (χ0v) is 9.60. The number of allylic oxidation sites excluding steroid dienone is 1. The highest BCUT2D eigenvalue weighted by atomic mass is 16.4. The third-order valence-electron chi connectivity index (χ3n) is 3.63. The fourth-order valence-corrected chi connectivity index (χ4v) is 2.37. The largest absolute Gasteiger partial charge is 0.481 e. The number of fused-ring (bicyclic) bond motifs is 1. The number of aliphatic carboxylic acids is 1. The number of hydrogen-bond donors (Lipinski definition) is 1. The van der Waals surface area contributed by atoms with Crippen molar-refractivity contribution in [2.75, 3.05) is 0 Å². The van der Waals surface area contributed by atoms with Gasteiger partial charge in [0, 0.05) is 5.41 Å². The molecule has 16 heavy (non-hydrogen) atoms. The van der Waals surface area contributed by atoms with E-state index in [0.29, 0.717) is 0 Å². The first-order chi connectivity index (χ1) is 7.53. The third kappa shape index (κ3) is 1.75. The quantitative estimate of drug-likeness (QED) is 0.823. The third-order valence-corrected chi connectivity index (χ3v) is 3.63. The van der Waals surface area contributed by atoms with Gasteiger partial charge in [0.2, 0.25) is 0 Å². The maximum absolute atomic E-state index is 10.9. The highest BCUT2D eigenvalue weighted by Gasteiger charge is 2.35. The van der Waals surface area contributed by atoms with Crippen molar-refractivity contribution >= 4 is 12.0 Å². The zero-order valence-electron chi connectivity index (χ0n) is 9.60. The standard InChI is InChI=1S/C14H16O2/c1-10-12-6-4-3-5-11(12)7-8-14(10,2)9-13(15)16/h3-8,10H,9H2,1-2H3,(H,15,16). The summed E-state index contributed by atoms with van der Waals surface area (Å²) in [6.45, 7) is 4.11. The predicted molar refractivity (Wildman–Crippen MR) is 64.3 cm³/mol. The minimum absolute atomic E-state index is 0.180. The lowest BCUT2D eigenvalue weighted by Gasteiger charge is -2.35. The summed E-state index contributed by atoms with van der Waals surface area (Å²) >= 11 is 0. The van der Waals surface area contributed by atoms with E-state index in [9.17, 15) is 4.79 Å². The minimum Gasteiger partial charge on any atom is -0.481 e. The van der Waals surface area contributed by atoms with Crippen LogP contribution in [0.3, 0.4) is 0 Å². The van der Waals surface area contributed by atoms with Crippen LogP contribution in [0.1, 0.15) is 37.3 Å². The van der Waals surface area contributed by atoms with Crippen LogP contribution in [-0.4, -0.2) is 11.1 Å². The van der Waals surface area contributed by atoms with Gasteiger partial charge in [0.15, 0.2) is 0 Å². The Morgan fingerprint density at radius 1 is 1.44 bits per heavy atom. The molecule has 0 fully saturated rings. The average molecular weight is 216 g/mol. The fraction of sp³-hybridized carbons (Fsp3) is 0.357. The van der Waals surface area contributed by atoms with Crippen LogP contribution in [0.2, 0.25) is 0 Å². The Balaban J connectivity index is 2.40. The number of carboxylic acid groups (broad SMARTS) is 1. The van der Waals surface area contributed by atoms with Crippen molar-refractivity contribution in [3.63, 3.8) is 0 Å². The first-order valence-electron chi connectivity index (χ1n) is 5.53. The van der Waals surface area contributed by atoms with E-state index in [-0.39, 0.29) is 17.8 Å². The van der Waals surface area contributed by atoms with Crippen LogP contribution >= 0.6 is 0 Å². The van der Waals surface area contributed by atoms with Crippen molar-refractivity contribution in [2.24, 2.45) is 5.41 Å². The van der Waals surface area contributed by atoms with Gasteiger partial charge in [-0.2, -0.15) is 0 Å². The summed E-state index contributed by atoms with van der Waals surface area (Å²) in [5, 5.41) is 8.96. The molecule has 0 aromatic heterocycles. The summed E-state index contributed by atoms with van der Waals surface area (Å²) in [7, 11) is 0. The highest BCUT2D eigenvalue weighted by Crippen LogP contribution is 2.44. The van der Waals surface area contributed by atoms with E-state index < -0.39 is 5.97 Å². The van der Waals surface area contributed by atoms with Gasteiger partial charge >= 0.3 is 5.97 Å². The molecule has 2 rings (SSSR count). The van der Waals surface area contributed by atoms with Gasteiger partial charge in [-0.05, 0) is 17.0 Å². The maximum Gasteiger partial charge on any atom is 0.304 e. The van der Waals surface area contributed by atoms with Crippen molar-refractivity contribution in [3.05, 3.63) is 41.5 Å². The summed E-state index contributed by atoms with van der Waals surface area (Å²) in [6, 6.07) is 8.18. The molecule has 2 unspecified atom stereocenters. The van der Waals surface area contributed by atoms with E-state index in [1.54, 1.807) is 0 Å². The average Bonchev–Trinajstić information content (AvgIpc) is 2.24. The molecule has 0 radical (unpaired) electrons. The number of carboxylic acids is 1. The molecule has 2 atom stereocenters. The molecule has 0 amide bonds. The van der Waals surface area contributed by atoms with E-state index >= 15 is 0 Å². The Labute approximate surface area is 95.6 Å². The van der Waals surface area contributed by atoms with Crippen LogP contribution < -0.4 is 0 Å². The van der Waals surface area contributed by atoms with E-state index in [1.165, 1.54) is 11.1 Å². The van der Waals surface area contributed by atoms with E-state index in [2.05, 4.69) is 19.1 Å². The molecule has 0 heterocycles. The van der Waals surface area contributed by atoms with Crippen molar-refractivity contribution in [1.29, 1.82) is 0 Å². The Morgan fingerprint density at radius 2 is 2.12 bits per heavy atom. The molecule has 2 nitrogen and oxygen atoms in total. The lowest BCUT2D eigenvalue weighted by atomic mass is 9.68. The maximum atomic E-state index is 10.9. The molecular weight excluding hydrogens is 200 g/mol. The van der Waals surface area contributed by atoms with Gasteiger partial charge in [-0.15, -0.1) is 0 Å². The number of carbonyl (C=O) groups is 1. The Hall–Kier alpha value is -1.57. The minimum atomic E-state index is -0.738. The van der Waals surface area contributed by atoms with Gasteiger partial charge in [-0.3, -0.25) is 4.79 Å². The van der Waals surface area contributed by atoms with Crippen LogP contribution in [0.5, 0.6) is 0 Å². The summed E-state index contributed by atoms with van der Waals surface area (Å²) in [4.78, 5) is 10.9. The van der Waals surface area contributed by atoms with Crippen LogP contribution in [0.15, 0.2) is 30.3 Å². The molecule has 1 aliphatic rings. The fourth-order valence-electron chi connectivity index (χ4n) is 2.37. The molecule has 0 saturated carbocycles. The van der Waals surface area contributed by atoms with Crippen LogP contribution in [-0.2, 0) is 4.79 Å². The first-order valence-corrected chi connectivity index (χ1v) is 5.53. The van der Waals surface area contributed by atoms with E-state index in [0.717, 1.165) is 0 Å². The molecule has 84 valence electrons. The van der Waals surface area contributed by atoms with Gasteiger partial charge < -0.3 is 5.11 Å². The van der Waals surface area contributed by atoms with Crippen LogP contribution in [0.25, 0.3) is 6.08 Å². The van der Waals surface area contributed by atoms with Gasteiger partial charge in [-0.1, -0.05) is 50.3 Å². The van der Waals surface area contributed by atoms with Crippen molar-refractivity contribution in [2.45, 2.75) is 26.2 Å². The monoisotopic (exact) mass is 216 g/mol. The highest BCUT2D eigenvalue weighted by molar-refractivity contribution is 5.70. The summed E-state index contributed by atoms with van der Waals surface area (Å²) in [6.07, 6.45) is 4.26. The Kier molecular flexibility index (Phi) is 2.58. The second-order valence-electron chi connectivity index (χ2n) is 4.76. The normalized spacial score (nSPS) is 27.5. The summed E-state index contributed by atoms with van der Waals surface area (Å²) in [5.41, 5.74) is 2.17. The second kappa shape index (κ2) is 3.78. The van der Waals surface area contributed by atoms with Gasteiger partial charge in [0.05, 0.1) is 6.42 Å². The van der Waals surface area contributed by atoms with Crippen LogP contribution in [0.4, 0.5) is 0 Å². The molecular formula is C14H16O2. The van der Waals surface area contributed by atoms with E-state index in [1.807, 2.05) is 31.2 Å². The van der Waals surface area contributed by atoms with E-state index in [4.69, 9.17) is 5.11 Å². The van der Waals surface area contributed by atoms with Gasteiger partial charge in [0.1, 0.15) is 0 Å². The number of rotatable bonds is 2. The summed E-state index contributed by atoms with van der Waals surface area (Å²) < 4.78 is 0. The van der Waals surface area contributed by atoms with Gasteiger partial charge in [0.25, 0.3) is 0 Å². The topological polar surface area (TPSA) is 37.3 Å². The van der Waals surface area contributed by atoms with Gasteiger partial charge in [-0.25, -0.2) is 0 Å². The smallest absolute Gasteiger partial charge is 0.304 e. The van der Waals surface area contributed by atoms with Crippen molar-refractivity contribution in [3.8, 4) is 0 Å². The molecule has 0 aliphatic heterocycles. The molecule has 0 bridgehead atoms. The molecule has 0 spiro atoms. The molecule has 1 aliphatic carbocycles. The molecule has 2 heteroatoms. The molecule has 1 aromatic carbocycles. The Bertz CT molecular complexity index is 448. The predicted octanol–water partition coefficient (Wildman–Crippen LogP) is 3.30. The second-order valence-corrected chi connectivity index (χ2v) is 4.76. The summed E-state index contributed by atoms with van der Waals surface area (Å²) in [5.74, 6) is -0.497.